The van der Waals surface area contributed by atoms with Gasteiger partial charge >= 0.3 is 0 Å². The Bertz CT molecular complexity index is 211. The van der Waals surface area contributed by atoms with Crippen LogP contribution in [0.2, 0.25) is 0 Å². The van der Waals surface area contributed by atoms with Crippen LogP contribution in [0.15, 0.2) is 11.8 Å². The van der Waals surface area contributed by atoms with E-state index in [2.05, 4.69) is 38.7 Å². The molecule has 0 bridgehead atoms. The molecule has 0 amide bonds. The number of rotatable bonds is 5. The van der Waals surface area contributed by atoms with Gasteiger partial charge in [-0.05, 0) is 18.8 Å². The van der Waals surface area contributed by atoms with E-state index in [4.69, 9.17) is 5.26 Å². The number of nitriles is 1. The van der Waals surface area contributed by atoms with E-state index in [-0.39, 0.29) is 0 Å². The second kappa shape index (κ2) is 6.48. The summed E-state index contributed by atoms with van der Waals surface area (Å²) in [7, 11) is 0. The molecule has 0 atom stereocenters. The Balaban J connectivity index is 4.40. The molecule has 0 aromatic rings. The number of hydrogen-bond donors (Lipinski definition) is 0. The highest BCUT2D eigenvalue weighted by molar-refractivity contribution is 5.10. The maximum Gasteiger partial charge on any atom is 0.0930 e. The molecule has 80 valence electrons. The predicted octanol–water partition coefficient (Wildman–Crippen LogP) is 3.03. The molecule has 0 unspecified atom stereocenters. The van der Waals surface area contributed by atoms with Gasteiger partial charge in [-0.3, -0.25) is 0 Å². The van der Waals surface area contributed by atoms with Crippen molar-refractivity contribution in [2.24, 2.45) is 11.8 Å². The molecule has 0 saturated carbocycles. The van der Waals surface area contributed by atoms with Crippen molar-refractivity contribution in [1.29, 1.82) is 5.26 Å². The first kappa shape index (κ1) is 13.0. The Morgan fingerprint density at radius 1 is 1.21 bits per heavy atom. The molecule has 0 heterocycles. The highest BCUT2D eigenvalue weighted by Gasteiger charge is 2.09. The van der Waals surface area contributed by atoms with Gasteiger partial charge < -0.3 is 4.90 Å². The third kappa shape index (κ3) is 5.64. The van der Waals surface area contributed by atoms with Crippen molar-refractivity contribution in [3.05, 3.63) is 11.8 Å². The average molecular weight is 194 g/mol. The van der Waals surface area contributed by atoms with E-state index < -0.39 is 0 Å². The van der Waals surface area contributed by atoms with Crippen molar-refractivity contribution in [2.75, 3.05) is 13.1 Å². The van der Waals surface area contributed by atoms with Crippen LogP contribution >= 0.6 is 0 Å². The van der Waals surface area contributed by atoms with Gasteiger partial charge in [-0.15, -0.1) is 0 Å². The molecule has 0 saturated heterocycles. The molecule has 0 aliphatic heterocycles. The lowest BCUT2D eigenvalue weighted by Gasteiger charge is -2.28. The fourth-order valence-electron chi connectivity index (χ4n) is 1.43. The van der Waals surface area contributed by atoms with Crippen molar-refractivity contribution in [2.45, 2.75) is 34.6 Å². The van der Waals surface area contributed by atoms with E-state index in [0.29, 0.717) is 11.8 Å². The summed E-state index contributed by atoms with van der Waals surface area (Å²) in [5.41, 5.74) is 1.08. The second-order valence-corrected chi connectivity index (χ2v) is 4.61. The Morgan fingerprint density at radius 3 is 1.93 bits per heavy atom. The van der Waals surface area contributed by atoms with Crippen LogP contribution in [0.5, 0.6) is 0 Å². The molecule has 0 aliphatic rings. The Morgan fingerprint density at radius 2 is 1.64 bits per heavy atom. The zero-order valence-electron chi connectivity index (χ0n) is 10.0. The van der Waals surface area contributed by atoms with E-state index in [1.165, 1.54) is 0 Å². The number of allylic oxidation sites excluding steroid dienone is 2. The quantitative estimate of drug-likeness (QED) is 0.629. The van der Waals surface area contributed by atoms with Crippen LogP contribution in [-0.2, 0) is 0 Å². The van der Waals surface area contributed by atoms with Crippen molar-refractivity contribution < 1.29 is 0 Å². The number of hydrogen-bond acceptors (Lipinski definition) is 2. The molecule has 2 nitrogen and oxygen atoms in total. The molecular formula is C12H22N2. The van der Waals surface area contributed by atoms with Crippen LogP contribution in [0.25, 0.3) is 0 Å². The van der Waals surface area contributed by atoms with Crippen molar-refractivity contribution in [3.63, 3.8) is 0 Å². The topological polar surface area (TPSA) is 27.0 Å². The molecular weight excluding hydrogens is 172 g/mol. The van der Waals surface area contributed by atoms with Crippen LogP contribution in [0.3, 0.4) is 0 Å². The summed E-state index contributed by atoms with van der Waals surface area (Å²) in [6, 6.07) is 2.09. The minimum Gasteiger partial charge on any atom is -0.374 e. The van der Waals surface area contributed by atoms with Gasteiger partial charge in [0.15, 0.2) is 0 Å². The zero-order valence-corrected chi connectivity index (χ0v) is 10.0. The van der Waals surface area contributed by atoms with E-state index in [0.717, 1.165) is 18.8 Å². The second-order valence-electron chi connectivity index (χ2n) is 4.61. The molecule has 0 N–H and O–H groups in total. The first-order valence-electron chi connectivity index (χ1n) is 5.28. The fraction of sp³-hybridized carbons (Fsp3) is 0.750. The Kier molecular flexibility index (Phi) is 6.03. The van der Waals surface area contributed by atoms with E-state index in [9.17, 15) is 0 Å². The summed E-state index contributed by atoms with van der Waals surface area (Å²) in [5, 5.41) is 8.60. The average Bonchev–Trinajstić information content (AvgIpc) is 2.01. The molecule has 2 heteroatoms. The van der Waals surface area contributed by atoms with Crippen LogP contribution in [0.4, 0.5) is 0 Å². The van der Waals surface area contributed by atoms with Gasteiger partial charge in [-0.1, -0.05) is 27.7 Å². The lowest BCUT2D eigenvalue weighted by atomic mass is 10.1. The summed E-state index contributed by atoms with van der Waals surface area (Å²) < 4.78 is 0. The fourth-order valence-corrected chi connectivity index (χ4v) is 1.43. The molecule has 0 aromatic carbocycles. The summed E-state index contributed by atoms with van der Waals surface area (Å²) >= 11 is 0. The van der Waals surface area contributed by atoms with Crippen LogP contribution in [0.1, 0.15) is 34.6 Å². The predicted molar refractivity (Wildman–Crippen MR) is 60.6 cm³/mol. The standard InChI is InChI=1S/C12H22N2/c1-10(2)8-14(9-11(3)4)12(5)6-7-13/h6,10-11H,8-9H2,1-5H3. The van der Waals surface area contributed by atoms with Gasteiger partial charge in [-0.2, -0.15) is 5.26 Å². The monoisotopic (exact) mass is 194 g/mol. The van der Waals surface area contributed by atoms with Gasteiger partial charge in [0.1, 0.15) is 0 Å². The smallest absolute Gasteiger partial charge is 0.0930 e. The van der Waals surface area contributed by atoms with Gasteiger partial charge in [0.25, 0.3) is 0 Å². The maximum absolute atomic E-state index is 8.60. The van der Waals surface area contributed by atoms with Gasteiger partial charge in [0, 0.05) is 24.9 Å². The molecule has 0 fully saturated rings. The highest BCUT2D eigenvalue weighted by atomic mass is 15.1. The van der Waals surface area contributed by atoms with E-state index in [1.807, 2.05) is 6.92 Å². The van der Waals surface area contributed by atoms with Crippen molar-refractivity contribution in [3.8, 4) is 6.07 Å². The van der Waals surface area contributed by atoms with Crippen molar-refractivity contribution >= 4 is 0 Å². The van der Waals surface area contributed by atoms with Crippen molar-refractivity contribution in [1.82, 2.24) is 4.90 Å². The lowest BCUT2D eigenvalue weighted by Crippen LogP contribution is -2.29. The normalized spacial score (nSPS) is 12.0. The SMILES string of the molecule is CC(=CC#N)N(CC(C)C)CC(C)C. The third-order valence-corrected chi connectivity index (χ3v) is 1.94. The molecule has 0 spiro atoms. The molecule has 0 aliphatic carbocycles. The van der Waals surface area contributed by atoms with Gasteiger partial charge in [-0.25, -0.2) is 0 Å². The van der Waals surface area contributed by atoms with E-state index >= 15 is 0 Å². The van der Waals surface area contributed by atoms with Gasteiger partial charge in [0.05, 0.1) is 6.07 Å². The molecule has 0 aromatic heterocycles. The maximum atomic E-state index is 8.60. The largest absolute Gasteiger partial charge is 0.374 e. The first-order valence-corrected chi connectivity index (χ1v) is 5.28. The summed E-state index contributed by atoms with van der Waals surface area (Å²) in [4.78, 5) is 2.29. The van der Waals surface area contributed by atoms with Crippen LogP contribution in [-0.4, -0.2) is 18.0 Å². The van der Waals surface area contributed by atoms with Gasteiger partial charge in [0.2, 0.25) is 0 Å². The van der Waals surface area contributed by atoms with E-state index in [1.54, 1.807) is 6.08 Å². The molecule has 0 rings (SSSR count). The molecule has 0 radical (unpaired) electrons. The minimum absolute atomic E-state index is 0.635. The third-order valence-electron chi connectivity index (χ3n) is 1.94. The molecule has 14 heavy (non-hydrogen) atoms. The Labute approximate surface area is 88.2 Å². The summed E-state index contributed by atoms with van der Waals surface area (Å²) in [6.07, 6.45) is 1.63. The summed E-state index contributed by atoms with van der Waals surface area (Å²) in [5.74, 6) is 1.27. The van der Waals surface area contributed by atoms with Crippen LogP contribution in [0, 0.1) is 23.2 Å². The zero-order chi connectivity index (χ0) is 11.1. The summed E-state index contributed by atoms with van der Waals surface area (Å²) in [6.45, 7) is 12.9. The van der Waals surface area contributed by atoms with Crippen LogP contribution < -0.4 is 0 Å². The minimum atomic E-state index is 0.635. The highest BCUT2D eigenvalue weighted by Crippen LogP contribution is 2.10. The Hall–Kier alpha value is -0.970. The first-order chi connectivity index (χ1) is 6.47. The number of nitrogens with zero attached hydrogens (tertiary/aromatic N) is 2. The lowest BCUT2D eigenvalue weighted by molar-refractivity contribution is 0.274.